The Morgan fingerprint density at radius 3 is 2.69 bits per heavy atom. The van der Waals surface area contributed by atoms with Gasteiger partial charge in [-0.1, -0.05) is 51.0 Å². The van der Waals surface area contributed by atoms with E-state index >= 15 is 0 Å². The van der Waals surface area contributed by atoms with Crippen LogP contribution in [-0.4, -0.2) is 5.33 Å². The molecule has 0 aromatic heterocycles. The second kappa shape index (κ2) is 4.85. The summed E-state index contributed by atoms with van der Waals surface area (Å²) in [7, 11) is 0. The van der Waals surface area contributed by atoms with Crippen molar-refractivity contribution in [2.75, 3.05) is 5.33 Å². The van der Waals surface area contributed by atoms with Gasteiger partial charge in [0, 0.05) is 10.6 Å². The first-order valence-electron chi connectivity index (χ1n) is 3.34. The highest BCUT2D eigenvalue weighted by Crippen LogP contribution is 2.23. The Morgan fingerprint density at radius 1 is 1.38 bits per heavy atom. The Kier molecular flexibility index (Phi) is 4.05. The molecule has 0 bridgehead atoms. The van der Waals surface area contributed by atoms with Crippen LogP contribution in [0.3, 0.4) is 0 Å². The summed E-state index contributed by atoms with van der Waals surface area (Å²) in [4.78, 5) is 0. The van der Waals surface area contributed by atoms with Crippen LogP contribution in [0.15, 0.2) is 12.1 Å². The summed E-state index contributed by atoms with van der Waals surface area (Å²) in [5.74, 6) is 4.86. The molecule has 13 heavy (non-hydrogen) atoms. The van der Waals surface area contributed by atoms with E-state index in [1.165, 1.54) is 6.07 Å². The Morgan fingerprint density at radius 2 is 2.08 bits per heavy atom. The number of alkyl halides is 1. The van der Waals surface area contributed by atoms with Crippen LogP contribution in [0.4, 0.5) is 4.39 Å². The van der Waals surface area contributed by atoms with E-state index in [1.54, 1.807) is 0 Å². The molecule has 0 saturated heterocycles. The second-order valence-corrected chi connectivity index (χ2v) is 3.56. The molecule has 0 nitrogen and oxygen atoms in total. The van der Waals surface area contributed by atoms with Crippen molar-refractivity contribution in [2.45, 2.75) is 0 Å². The lowest BCUT2D eigenvalue weighted by Crippen LogP contribution is -1.83. The van der Waals surface area contributed by atoms with Crippen LogP contribution >= 0.6 is 39.1 Å². The van der Waals surface area contributed by atoms with Gasteiger partial charge in [-0.15, -0.1) is 0 Å². The van der Waals surface area contributed by atoms with Gasteiger partial charge in [0.25, 0.3) is 0 Å². The quantitative estimate of drug-likeness (QED) is 0.385. The zero-order valence-corrected chi connectivity index (χ0v) is 9.47. The Bertz CT molecular complexity index is 379. The zero-order chi connectivity index (χ0) is 9.84. The van der Waals surface area contributed by atoms with E-state index in [9.17, 15) is 4.39 Å². The third-order valence-electron chi connectivity index (χ3n) is 1.28. The maximum absolute atomic E-state index is 13.0. The molecule has 68 valence electrons. The van der Waals surface area contributed by atoms with Gasteiger partial charge in [-0.05, 0) is 12.1 Å². The summed E-state index contributed by atoms with van der Waals surface area (Å²) in [5.41, 5.74) is 0.408. The minimum atomic E-state index is -0.548. The van der Waals surface area contributed by atoms with Gasteiger partial charge in [0.05, 0.1) is 10.4 Å². The van der Waals surface area contributed by atoms with Crippen LogP contribution in [0.1, 0.15) is 5.56 Å². The van der Waals surface area contributed by atoms with Crippen LogP contribution < -0.4 is 0 Å². The van der Waals surface area contributed by atoms with Crippen LogP contribution in [0.25, 0.3) is 0 Å². The lowest BCUT2D eigenvalue weighted by atomic mass is 10.2. The average molecular weight is 282 g/mol. The summed E-state index contributed by atoms with van der Waals surface area (Å²) in [6, 6.07) is 2.69. The number of rotatable bonds is 0. The van der Waals surface area contributed by atoms with Gasteiger partial charge in [0.15, 0.2) is 0 Å². The number of hydrogen-bond donors (Lipinski definition) is 0. The maximum Gasteiger partial charge on any atom is 0.144 e. The third-order valence-corrected chi connectivity index (χ3v) is 2.17. The molecule has 0 aliphatic carbocycles. The zero-order valence-electron chi connectivity index (χ0n) is 6.37. The van der Waals surface area contributed by atoms with E-state index in [1.807, 2.05) is 0 Å². The van der Waals surface area contributed by atoms with Crippen molar-refractivity contribution in [3.05, 3.63) is 33.6 Å². The van der Waals surface area contributed by atoms with Gasteiger partial charge in [-0.3, -0.25) is 0 Å². The van der Waals surface area contributed by atoms with Crippen molar-refractivity contribution >= 4 is 39.1 Å². The molecule has 0 aliphatic rings. The number of hydrogen-bond acceptors (Lipinski definition) is 0. The molecule has 0 fully saturated rings. The summed E-state index contributed by atoms with van der Waals surface area (Å²) >= 11 is 14.4. The standard InChI is InChI=1S/C9H4BrCl2F/c10-3-1-2-6-4-7(11)5-8(13)9(6)12/h4-5H,3H2. The topological polar surface area (TPSA) is 0 Å². The van der Waals surface area contributed by atoms with E-state index in [0.29, 0.717) is 15.9 Å². The van der Waals surface area contributed by atoms with E-state index < -0.39 is 5.82 Å². The van der Waals surface area contributed by atoms with E-state index in [0.717, 1.165) is 6.07 Å². The van der Waals surface area contributed by atoms with E-state index in [4.69, 9.17) is 23.2 Å². The fourth-order valence-corrected chi connectivity index (χ4v) is 1.28. The smallest absolute Gasteiger partial charge is 0.144 e. The molecular formula is C9H4BrCl2F. The first-order valence-corrected chi connectivity index (χ1v) is 5.22. The molecule has 0 atom stereocenters. The predicted octanol–water partition coefficient (Wildman–Crippen LogP) is 3.88. The molecule has 0 heterocycles. The van der Waals surface area contributed by atoms with Crippen molar-refractivity contribution < 1.29 is 4.39 Å². The molecule has 0 unspecified atom stereocenters. The fourth-order valence-electron chi connectivity index (χ4n) is 0.776. The van der Waals surface area contributed by atoms with Crippen LogP contribution in [0.5, 0.6) is 0 Å². The molecule has 0 N–H and O–H groups in total. The van der Waals surface area contributed by atoms with Gasteiger partial charge in [0.2, 0.25) is 0 Å². The van der Waals surface area contributed by atoms with E-state index in [-0.39, 0.29) is 5.02 Å². The normalized spacial score (nSPS) is 9.23. The van der Waals surface area contributed by atoms with Crippen molar-refractivity contribution in [1.82, 2.24) is 0 Å². The summed E-state index contributed by atoms with van der Waals surface area (Å²) in [6.07, 6.45) is 0. The Hall–Kier alpha value is -0.230. The van der Waals surface area contributed by atoms with Gasteiger partial charge in [-0.25, -0.2) is 4.39 Å². The molecule has 4 heteroatoms. The van der Waals surface area contributed by atoms with Gasteiger partial charge >= 0.3 is 0 Å². The predicted molar refractivity (Wildman–Crippen MR) is 57.1 cm³/mol. The molecular weight excluding hydrogens is 278 g/mol. The summed E-state index contributed by atoms with van der Waals surface area (Å²) < 4.78 is 13.0. The van der Waals surface area contributed by atoms with E-state index in [2.05, 4.69) is 27.8 Å². The molecule has 0 amide bonds. The molecule has 0 radical (unpaired) electrons. The second-order valence-electron chi connectivity index (χ2n) is 2.18. The highest BCUT2D eigenvalue weighted by molar-refractivity contribution is 9.09. The highest BCUT2D eigenvalue weighted by atomic mass is 79.9. The fraction of sp³-hybridized carbons (Fsp3) is 0.111. The van der Waals surface area contributed by atoms with Crippen LogP contribution in [0, 0.1) is 17.7 Å². The van der Waals surface area contributed by atoms with Crippen LogP contribution in [0.2, 0.25) is 10.0 Å². The van der Waals surface area contributed by atoms with Gasteiger partial charge in [0.1, 0.15) is 5.82 Å². The first kappa shape index (κ1) is 10.8. The third kappa shape index (κ3) is 2.87. The summed E-state index contributed by atoms with van der Waals surface area (Å²) in [5, 5.41) is 0.816. The molecule has 0 aliphatic heterocycles. The molecule has 1 aromatic rings. The Balaban J connectivity index is 3.20. The number of halogens is 4. The van der Waals surface area contributed by atoms with Crippen molar-refractivity contribution in [3.8, 4) is 11.8 Å². The molecule has 0 saturated carbocycles. The average Bonchev–Trinajstić information content (AvgIpc) is 2.09. The SMILES string of the molecule is Fc1cc(Cl)cc(C#CCBr)c1Cl. The minimum absolute atomic E-state index is 0.0119. The molecule has 1 aromatic carbocycles. The lowest BCUT2D eigenvalue weighted by Gasteiger charge is -1.98. The largest absolute Gasteiger partial charge is 0.205 e. The van der Waals surface area contributed by atoms with Crippen LogP contribution in [-0.2, 0) is 0 Å². The maximum atomic E-state index is 13.0. The Labute approximate surface area is 94.2 Å². The molecule has 0 spiro atoms. The van der Waals surface area contributed by atoms with Crippen molar-refractivity contribution in [3.63, 3.8) is 0 Å². The monoisotopic (exact) mass is 280 g/mol. The van der Waals surface area contributed by atoms with Gasteiger partial charge < -0.3 is 0 Å². The lowest BCUT2D eigenvalue weighted by molar-refractivity contribution is 0.628. The minimum Gasteiger partial charge on any atom is -0.205 e. The number of benzene rings is 1. The van der Waals surface area contributed by atoms with Gasteiger partial charge in [-0.2, -0.15) is 0 Å². The first-order chi connectivity index (χ1) is 6.15. The summed E-state index contributed by atoms with van der Waals surface area (Å²) in [6.45, 7) is 0. The molecule has 1 rings (SSSR count). The van der Waals surface area contributed by atoms with Crippen molar-refractivity contribution in [1.29, 1.82) is 0 Å². The van der Waals surface area contributed by atoms with Crippen molar-refractivity contribution in [2.24, 2.45) is 0 Å². The highest BCUT2D eigenvalue weighted by Gasteiger charge is 2.05.